The highest BCUT2D eigenvalue weighted by Crippen LogP contribution is 2.32. The highest BCUT2D eigenvalue weighted by Gasteiger charge is 2.35. The van der Waals surface area contributed by atoms with E-state index in [1.54, 1.807) is 0 Å². The van der Waals surface area contributed by atoms with Crippen molar-refractivity contribution in [1.82, 2.24) is 9.62 Å². The van der Waals surface area contributed by atoms with Crippen molar-refractivity contribution in [3.63, 3.8) is 0 Å². The SMILES string of the molecule is Cl.NCCNC(=O)C1CCCN(S(=O)(=O)c2ccc(Cl)c(F)c2Cl)C1. The molecule has 1 fully saturated rings. The van der Waals surface area contributed by atoms with Crippen molar-refractivity contribution in [1.29, 1.82) is 0 Å². The van der Waals surface area contributed by atoms with Crippen LogP contribution in [0.5, 0.6) is 0 Å². The molecule has 0 aliphatic carbocycles. The number of piperidine rings is 1. The van der Waals surface area contributed by atoms with E-state index in [4.69, 9.17) is 28.9 Å². The lowest BCUT2D eigenvalue weighted by Crippen LogP contribution is -2.46. The quantitative estimate of drug-likeness (QED) is 0.694. The van der Waals surface area contributed by atoms with Gasteiger partial charge < -0.3 is 11.1 Å². The Bertz CT molecular complexity index is 734. The average Bonchev–Trinajstić information content (AvgIpc) is 2.57. The molecular weight excluding hydrogens is 416 g/mol. The number of amides is 1. The lowest BCUT2D eigenvalue weighted by molar-refractivity contribution is -0.126. The predicted octanol–water partition coefficient (Wildman–Crippen LogP) is 2.03. The fraction of sp³-hybridized carbons (Fsp3) is 0.500. The zero-order chi connectivity index (χ0) is 17.9. The Morgan fingerprint density at radius 1 is 1.40 bits per heavy atom. The largest absolute Gasteiger partial charge is 0.355 e. The molecule has 25 heavy (non-hydrogen) atoms. The summed E-state index contributed by atoms with van der Waals surface area (Å²) >= 11 is 11.4. The van der Waals surface area contributed by atoms with Gasteiger partial charge in [0.15, 0.2) is 5.82 Å². The molecule has 1 saturated heterocycles. The standard InChI is InChI=1S/C14H18Cl2FN3O3S.ClH/c15-10-3-4-11(12(16)13(10)17)24(22,23)20-7-1-2-9(8-20)14(21)19-6-5-18;/h3-4,9H,1-2,5-8,18H2,(H,19,21);1H. The normalized spacial score (nSPS) is 18.5. The second-order valence-electron chi connectivity index (χ2n) is 5.46. The maximum atomic E-state index is 13.8. The fourth-order valence-corrected chi connectivity index (χ4v) is 4.80. The smallest absolute Gasteiger partial charge is 0.244 e. The second kappa shape index (κ2) is 9.34. The summed E-state index contributed by atoms with van der Waals surface area (Å²) < 4.78 is 40.4. The molecule has 1 aliphatic heterocycles. The average molecular weight is 435 g/mol. The summed E-state index contributed by atoms with van der Waals surface area (Å²) in [6, 6.07) is 2.31. The lowest BCUT2D eigenvalue weighted by Gasteiger charge is -2.31. The Kier molecular flexibility index (Phi) is 8.37. The van der Waals surface area contributed by atoms with Crippen LogP contribution >= 0.6 is 35.6 Å². The number of carbonyl (C=O) groups is 1. The molecule has 1 aromatic rings. The van der Waals surface area contributed by atoms with Crippen molar-refractivity contribution in [2.24, 2.45) is 11.7 Å². The summed E-state index contributed by atoms with van der Waals surface area (Å²) in [5.41, 5.74) is 5.34. The molecule has 1 aliphatic rings. The first kappa shape index (κ1) is 22.4. The zero-order valence-electron chi connectivity index (χ0n) is 13.2. The Hall–Kier alpha value is -0.640. The van der Waals surface area contributed by atoms with Gasteiger partial charge in [-0.2, -0.15) is 4.31 Å². The van der Waals surface area contributed by atoms with Crippen molar-refractivity contribution in [2.75, 3.05) is 26.2 Å². The molecule has 142 valence electrons. The van der Waals surface area contributed by atoms with E-state index in [-0.39, 0.29) is 41.3 Å². The Morgan fingerprint density at radius 2 is 2.08 bits per heavy atom. The molecule has 11 heteroatoms. The van der Waals surface area contributed by atoms with Crippen molar-refractivity contribution >= 4 is 51.5 Å². The molecule has 0 saturated carbocycles. The van der Waals surface area contributed by atoms with Crippen LogP contribution < -0.4 is 11.1 Å². The number of nitrogens with zero attached hydrogens (tertiary/aromatic N) is 1. The predicted molar refractivity (Wildman–Crippen MR) is 97.2 cm³/mol. The minimum absolute atomic E-state index is 0. The van der Waals surface area contributed by atoms with Crippen molar-refractivity contribution in [2.45, 2.75) is 17.7 Å². The molecule has 0 aromatic heterocycles. The number of sulfonamides is 1. The number of carbonyl (C=O) groups excluding carboxylic acids is 1. The first-order valence-corrected chi connectivity index (χ1v) is 9.60. The van der Waals surface area contributed by atoms with Gasteiger partial charge in [0.05, 0.1) is 16.0 Å². The van der Waals surface area contributed by atoms with Crippen molar-refractivity contribution in [3.8, 4) is 0 Å². The molecule has 1 aromatic carbocycles. The maximum absolute atomic E-state index is 13.8. The zero-order valence-corrected chi connectivity index (χ0v) is 16.3. The summed E-state index contributed by atoms with van der Waals surface area (Å²) in [5, 5.41) is 1.86. The highest BCUT2D eigenvalue weighted by atomic mass is 35.5. The van der Waals surface area contributed by atoms with E-state index >= 15 is 0 Å². The van der Waals surface area contributed by atoms with Gasteiger partial charge in [0.2, 0.25) is 15.9 Å². The van der Waals surface area contributed by atoms with Crippen LogP contribution in [0.25, 0.3) is 0 Å². The molecule has 6 nitrogen and oxygen atoms in total. The first-order valence-electron chi connectivity index (χ1n) is 7.40. The van der Waals surface area contributed by atoms with Crippen LogP contribution in [0.15, 0.2) is 17.0 Å². The van der Waals surface area contributed by atoms with Gasteiger partial charge in [0, 0.05) is 26.2 Å². The molecule has 0 radical (unpaired) electrons. The monoisotopic (exact) mass is 433 g/mol. The van der Waals surface area contributed by atoms with Crippen LogP contribution in [0, 0.1) is 11.7 Å². The minimum Gasteiger partial charge on any atom is -0.355 e. The number of hydrogen-bond donors (Lipinski definition) is 2. The Morgan fingerprint density at radius 3 is 2.72 bits per heavy atom. The highest BCUT2D eigenvalue weighted by molar-refractivity contribution is 7.89. The van der Waals surface area contributed by atoms with Crippen LogP contribution in [0.4, 0.5) is 4.39 Å². The molecule has 3 N–H and O–H groups in total. The van der Waals surface area contributed by atoms with E-state index in [0.717, 1.165) is 10.4 Å². The number of benzene rings is 1. The summed E-state index contributed by atoms with van der Waals surface area (Å²) in [6.45, 7) is 0.888. The third-order valence-corrected chi connectivity index (χ3v) is 6.50. The molecule has 1 unspecified atom stereocenters. The molecule has 0 bridgehead atoms. The van der Waals surface area contributed by atoms with E-state index in [1.807, 2.05) is 0 Å². The minimum atomic E-state index is -4.02. The summed E-state index contributed by atoms with van der Waals surface area (Å²) in [6.07, 6.45) is 1.10. The van der Waals surface area contributed by atoms with Gasteiger partial charge in [-0.3, -0.25) is 4.79 Å². The summed E-state index contributed by atoms with van der Waals surface area (Å²) in [7, 11) is -4.02. The van der Waals surface area contributed by atoms with Gasteiger partial charge in [-0.25, -0.2) is 12.8 Å². The van der Waals surface area contributed by atoms with Crippen LogP contribution in [-0.2, 0) is 14.8 Å². The first-order chi connectivity index (χ1) is 11.3. The number of halogens is 4. The Balaban J connectivity index is 0.00000312. The Labute approximate surface area is 162 Å². The topological polar surface area (TPSA) is 92.5 Å². The number of hydrogen-bond acceptors (Lipinski definition) is 4. The van der Waals surface area contributed by atoms with E-state index in [9.17, 15) is 17.6 Å². The number of nitrogens with one attached hydrogen (secondary N) is 1. The lowest BCUT2D eigenvalue weighted by atomic mass is 9.99. The number of nitrogens with two attached hydrogens (primary N) is 1. The molecule has 1 atom stereocenters. The van der Waals surface area contributed by atoms with E-state index in [2.05, 4.69) is 5.32 Å². The third kappa shape index (κ3) is 4.96. The van der Waals surface area contributed by atoms with Gasteiger partial charge in [-0.05, 0) is 25.0 Å². The van der Waals surface area contributed by atoms with Crippen molar-refractivity contribution < 1.29 is 17.6 Å². The van der Waals surface area contributed by atoms with Gasteiger partial charge in [0.25, 0.3) is 0 Å². The molecule has 1 heterocycles. The van der Waals surface area contributed by atoms with E-state index in [1.165, 1.54) is 6.07 Å². The van der Waals surface area contributed by atoms with Crippen LogP contribution in [0.2, 0.25) is 10.0 Å². The van der Waals surface area contributed by atoms with Gasteiger partial charge in [-0.1, -0.05) is 23.2 Å². The van der Waals surface area contributed by atoms with Crippen LogP contribution in [0.1, 0.15) is 12.8 Å². The number of rotatable bonds is 5. The van der Waals surface area contributed by atoms with E-state index < -0.39 is 26.8 Å². The molecule has 1 amide bonds. The summed E-state index contributed by atoms with van der Waals surface area (Å²) in [5.74, 6) is -1.70. The maximum Gasteiger partial charge on any atom is 0.244 e. The molecular formula is C14H19Cl3FN3O3S. The van der Waals surface area contributed by atoms with Gasteiger partial charge in [0.1, 0.15) is 4.90 Å². The van der Waals surface area contributed by atoms with Crippen LogP contribution in [0.3, 0.4) is 0 Å². The third-order valence-electron chi connectivity index (χ3n) is 3.82. The summed E-state index contributed by atoms with van der Waals surface area (Å²) in [4.78, 5) is 11.7. The van der Waals surface area contributed by atoms with Crippen LogP contribution in [-0.4, -0.2) is 44.8 Å². The van der Waals surface area contributed by atoms with E-state index in [0.29, 0.717) is 25.9 Å². The fourth-order valence-electron chi connectivity index (χ4n) is 2.56. The molecule has 0 spiro atoms. The molecule has 2 rings (SSSR count). The van der Waals surface area contributed by atoms with Gasteiger partial charge in [-0.15, -0.1) is 12.4 Å². The van der Waals surface area contributed by atoms with Gasteiger partial charge >= 0.3 is 0 Å². The second-order valence-corrected chi connectivity index (χ2v) is 8.15. The van der Waals surface area contributed by atoms with Crippen molar-refractivity contribution in [3.05, 3.63) is 28.0 Å².